The fraction of sp³-hybridized carbons (Fsp3) is 0.0588. The zero-order valence-electron chi connectivity index (χ0n) is 11.7. The molecule has 0 heterocycles. The lowest BCUT2D eigenvalue weighted by Gasteiger charge is -2.06. The predicted molar refractivity (Wildman–Crippen MR) is 77.5 cm³/mol. The Morgan fingerprint density at radius 3 is 2.27 bits per heavy atom. The highest BCUT2D eigenvalue weighted by Gasteiger charge is 2.12. The molecule has 0 N–H and O–H groups in total. The first-order valence-electron chi connectivity index (χ1n) is 6.41. The third-order valence-electron chi connectivity index (χ3n) is 2.81. The van der Waals surface area contributed by atoms with E-state index in [4.69, 9.17) is 4.74 Å². The minimum absolute atomic E-state index is 0.0106. The molecule has 2 aromatic rings. The van der Waals surface area contributed by atoms with Crippen LogP contribution in [-0.2, 0) is 4.79 Å². The van der Waals surface area contributed by atoms with Crippen LogP contribution in [0.15, 0.2) is 48.5 Å². The number of hydrogen-bond donors (Lipinski definition) is 0. The number of halogens is 2. The Balaban J connectivity index is 2.12. The Morgan fingerprint density at radius 2 is 1.64 bits per heavy atom. The van der Waals surface area contributed by atoms with Crippen molar-refractivity contribution in [3.05, 3.63) is 71.3 Å². The Kier molecular flexibility index (Phi) is 4.78. The molecule has 0 aliphatic rings. The van der Waals surface area contributed by atoms with Gasteiger partial charge < -0.3 is 4.74 Å². The Labute approximate surface area is 125 Å². The van der Waals surface area contributed by atoms with Crippen LogP contribution < -0.4 is 4.74 Å². The van der Waals surface area contributed by atoms with E-state index in [1.165, 1.54) is 43.3 Å². The maximum absolute atomic E-state index is 13.1. The lowest BCUT2D eigenvalue weighted by Crippen LogP contribution is -2.07. The van der Waals surface area contributed by atoms with Crippen molar-refractivity contribution in [1.82, 2.24) is 0 Å². The first-order chi connectivity index (χ1) is 10.5. The SMILES string of the molecule is CC(=O)c1cc(F)ccc1OC(=O)/C=C/c1ccc(F)cc1. The molecule has 0 unspecified atom stereocenters. The minimum atomic E-state index is -0.724. The number of ether oxygens (including phenoxy) is 1. The average molecular weight is 302 g/mol. The second-order valence-electron chi connectivity index (χ2n) is 4.50. The highest BCUT2D eigenvalue weighted by molar-refractivity contribution is 5.98. The normalized spacial score (nSPS) is 10.7. The van der Waals surface area contributed by atoms with Crippen LogP contribution in [0, 0.1) is 11.6 Å². The van der Waals surface area contributed by atoms with Gasteiger partial charge in [-0.25, -0.2) is 13.6 Å². The third kappa shape index (κ3) is 4.09. The van der Waals surface area contributed by atoms with Gasteiger partial charge in [-0.2, -0.15) is 0 Å². The fourth-order valence-electron chi connectivity index (χ4n) is 1.75. The topological polar surface area (TPSA) is 43.4 Å². The van der Waals surface area contributed by atoms with Crippen molar-refractivity contribution < 1.29 is 23.1 Å². The van der Waals surface area contributed by atoms with Gasteiger partial charge in [-0.05, 0) is 48.9 Å². The summed E-state index contributed by atoms with van der Waals surface area (Å²) in [4.78, 5) is 23.1. The number of hydrogen-bond acceptors (Lipinski definition) is 3. The van der Waals surface area contributed by atoms with E-state index >= 15 is 0 Å². The summed E-state index contributed by atoms with van der Waals surface area (Å²) in [6.45, 7) is 1.25. The van der Waals surface area contributed by atoms with E-state index in [-0.39, 0.29) is 17.1 Å². The van der Waals surface area contributed by atoms with Gasteiger partial charge in [0.2, 0.25) is 0 Å². The average Bonchev–Trinajstić information content (AvgIpc) is 2.48. The number of carbonyl (C=O) groups excluding carboxylic acids is 2. The number of Topliss-reactive ketones (excluding diaryl/α,β-unsaturated/α-hetero) is 1. The molecule has 0 amide bonds. The molecule has 0 aromatic heterocycles. The van der Waals surface area contributed by atoms with Crippen molar-refractivity contribution >= 4 is 17.8 Å². The standard InChI is InChI=1S/C17H12F2O3/c1-11(20)15-10-14(19)7-8-16(15)22-17(21)9-4-12-2-5-13(18)6-3-12/h2-10H,1H3/b9-4+. The van der Waals surface area contributed by atoms with E-state index in [1.54, 1.807) is 0 Å². The summed E-state index contributed by atoms with van der Waals surface area (Å²) in [6, 6.07) is 8.84. The van der Waals surface area contributed by atoms with E-state index in [9.17, 15) is 18.4 Å². The number of carbonyl (C=O) groups is 2. The second-order valence-corrected chi connectivity index (χ2v) is 4.50. The van der Waals surface area contributed by atoms with Crippen LogP contribution >= 0.6 is 0 Å². The van der Waals surface area contributed by atoms with Gasteiger partial charge in [-0.3, -0.25) is 4.79 Å². The van der Waals surface area contributed by atoms with Gasteiger partial charge in [-0.15, -0.1) is 0 Å². The molecule has 22 heavy (non-hydrogen) atoms. The van der Waals surface area contributed by atoms with Crippen molar-refractivity contribution in [2.75, 3.05) is 0 Å². The van der Waals surface area contributed by atoms with Crippen LogP contribution in [0.1, 0.15) is 22.8 Å². The van der Waals surface area contributed by atoms with Gasteiger partial charge in [0, 0.05) is 6.08 Å². The summed E-state index contributed by atoms with van der Waals surface area (Å²) in [5, 5.41) is 0. The molecule has 0 spiro atoms. The molecule has 3 nitrogen and oxygen atoms in total. The van der Waals surface area contributed by atoms with Crippen LogP contribution in [-0.4, -0.2) is 11.8 Å². The molecule has 0 radical (unpaired) electrons. The van der Waals surface area contributed by atoms with E-state index in [0.29, 0.717) is 5.56 Å². The van der Waals surface area contributed by atoms with E-state index < -0.39 is 17.6 Å². The minimum Gasteiger partial charge on any atom is -0.423 e. The van der Waals surface area contributed by atoms with Crippen LogP contribution in [0.25, 0.3) is 6.08 Å². The predicted octanol–water partition coefficient (Wildman–Crippen LogP) is 3.79. The summed E-state index contributed by atoms with van der Waals surface area (Å²) >= 11 is 0. The zero-order chi connectivity index (χ0) is 16.1. The van der Waals surface area contributed by atoms with Crippen LogP contribution in [0.5, 0.6) is 5.75 Å². The van der Waals surface area contributed by atoms with Gasteiger partial charge in [0.1, 0.15) is 17.4 Å². The largest absolute Gasteiger partial charge is 0.423 e. The lowest BCUT2D eigenvalue weighted by atomic mass is 10.1. The number of benzene rings is 2. The van der Waals surface area contributed by atoms with Gasteiger partial charge in [-0.1, -0.05) is 12.1 Å². The summed E-state index contributed by atoms with van der Waals surface area (Å²) in [5.74, 6) is -2.12. The molecule has 0 saturated carbocycles. The summed E-state index contributed by atoms with van der Waals surface area (Å²) in [7, 11) is 0. The molecule has 0 aliphatic heterocycles. The Morgan fingerprint density at radius 1 is 1.00 bits per heavy atom. The van der Waals surface area contributed by atoms with Gasteiger partial charge in [0.15, 0.2) is 5.78 Å². The molecular weight excluding hydrogens is 290 g/mol. The highest BCUT2D eigenvalue weighted by Crippen LogP contribution is 2.20. The second kappa shape index (κ2) is 6.76. The Hall–Kier alpha value is -2.82. The van der Waals surface area contributed by atoms with Crippen molar-refractivity contribution in [2.24, 2.45) is 0 Å². The maximum atomic E-state index is 13.1. The molecule has 5 heteroatoms. The van der Waals surface area contributed by atoms with Crippen molar-refractivity contribution in [3.8, 4) is 5.75 Å². The molecule has 112 valence electrons. The molecule has 2 aromatic carbocycles. The van der Waals surface area contributed by atoms with Gasteiger partial charge >= 0.3 is 5.97 Å². The molecular formula is C17H12F2O3. The van der Waals surface area contributed by atoms with Crippen LogP contribution in [0.3, 0.4) is 0 Å². The van der Waals surface area contributed by atoms with E-state index in [2.05, 4.69) is 0 Å². The van der Waals surface area contributed by atoms with Gasteiger partial charge in [0.25, 0.3) is 0 Å². The van der Waals surface area contributed by atoms with Crippen LogP contribution in [0.2, 0.25) is 0 Å². The zero-order valence-corrected chi connectivity index (χ0v) is 11.7. The fourth-order valence-corrected chi connectivity index (χ4v) is 1.75. The number of rotatable bonds is 4. The van der Waals surface area contributed by atoms with Crippen molar-refractivity contribution in [2.45, 2.75) is 6.92 Å². The molecule has 2 rings (SSSR count). The first-order valence-corrected chi connectivity index (χ1v) is 6.41. The molecule has 0 fully saturated rings. The highest BCUT2D eigenvalue weighted by atomic mass is 19.1. The van der Waals surface area contributed by atoms with Crippen LogP contribution in [0.4, 0.5) is 8.78 Å². The third-order valence-corrected chi connectivity index (χ3v) is 2.81. The summed E-state index contributed by atoms with van der Waals surface area (Å²) in [6.07, 6.45) is 2.58. The molecule has 0 bridgehead atoms. The lowest BCUT2D eigenvalue weighted by molar-refractivity contribution is -0.128. The molecule has 0 atom stereocenters. The number of esters is 1. The van der Waals surface area contributed by atoms with Crippen molar-refractivity contribution in [3.63, 3.8) is 0 Å². The van der Waals surface area contributed by atoms with E-state index in [1.807, 2.05) is 0 Å². The molecule has 0 aliphatic carbocycles. The van der Waals surface area contributed by atoms with E-state index in [0.717, 1.165) is 18.2 Å². The number of ketones is 1. The van der Waals surface area contributed by atoms with Gasteiger partial charge in [0.05, 0.1) is 5.56 Å². The van der Waals surface area contributed by atoms with Crippen molar-refractivity contribution in [1.29, 1.82) is 0 Å². The monoisotopic (exact) mass is 302 g/mol. The first kappa shape index (κ1) is 15.6. The maximum Gasteiger partial charge on any atom is 0.336 e. The molecule has 0 saturated heterocycles. The summed E-state index contributed by atoms with van der Waals surface area (Å²) < 4.78 is 30.9. The Bertz CT molecular complexity index is 734. The summed E-state index contributed by atoms with van der Waals surface area (Å²) in [5.41, 5.74) is 0.604. The quantitative estimate of drug-likeness (QED) is 0.373. The smallest absolute Gasteiger partial charge is 0.336 e.